The number of nitriles is 1. The topological polar surface area (TPSA) is 45.9 Å². The van der Waals surface area contributed by atoms with E-state index in [2.05, 4.69) is 4.98 Å². The van der Waals surface area contributed by atoms with Crippen molar-refractivity contribution in [1.82, 2.24) is 4.98 Å². The van der Waals surface area contributed by atoms with Crippen molar-refractivity contribution in [3.05, 3.63) is 75.8 Å². The van der Waals surface area contributed by atoms with Gasteiger partial charge in [0.25, 0.3) is 0 Å². The zero-order chi connectivity index (χ0) is 19.6. The van der Waals surface area contributed by atoms with Gasteiger partial charge in [-0.1, -0.05) is 53.5 Å². The molecule has 0 unspecified atom stereocenters. The SMILES string of the molecule is N#Cc1c(C(F)(F)F)cc(-c2ccccc2)nc1Oc1ccc(Cl)cc1Cl. The first-order valence-electron chi connectivity index (χ1n) is 7.50. The first-order valence-corrected chi connectivity index (χ1v) is 8.26. The van der Waals surface area contributed by atoms with Crippen molar-refractivity contribution in [3.8, 4) is 29.0 Å². The van der Waals surface area contributed by atoms with Gasteiger partial charge in [-0.05, 0) is 24.3 Å². The molecule has 3 rings (SSSR count). The van der Waals surface area contributed by atoms with Gasteiger partial charge < -0.3 is 4.74 Å². The van der Waals surface area contributed by atoms with Crippen molar-refractivity contribution in [2.45, 2.75) is 6.18 Å². The first kappa shape index (κ1) is 19.0. The van der Waals surface area contributed by atoms with Gasteiger partial charge in [0.1, 0.15) is 17.4 Å². The van der Waals surface area contributed by atoms with E-state index in [0.717, 1.165) is 6.07 Å². The third-order valence-corrected chi connectivity index (χ3v) is 4.10. The van der Waals surface area contributed by atoms with Crippen LogP contribution in [0.25, 0.3) is 11.3 Å². The number of hydrogen-bond acceptors (Lipinski definition) is 3. The Morgan fingerprint density at radius 2 is 1.70 bits per heavy atom. The molecule has 2 aromatic carbocycles. The fraction of sp³-hybridized carbons (Fsp3) is 0.0526. The molecule has 0 aliphatic heterocycles. The van der Waals surface area contributed by atoms with E-state index in [1.807, 2.05) is 0 Å². The number of benzene rings is 2. The Kier molecular flexibility index (Phi) is 5.26. The lowest BCUT2D eigenvalue weighted by molar-refractivity contribution is -0.137. The summed E-state index contributed by atoms with van der Waals surface area (Å²) in [4.78, 5) is 4.11. The van der Waals surface area contributed by atoms with Gasteiger partial charge >= 0.3 is 6.18 Å². The Hall–Kier alpha value is -2.75. The Bertz CT molecular complexity index is 1030. The van der Waals surface area contributed by atoms with Gasteiger partial charge in [-0.3, -0.25) is 0 Å². The Morgan fingerprint density at radius 3 is 2.30 bits per heavy atom. The molecule has 136 valence electrons. The standard InChI is InChI=1S/C19H9Cl2F3N2O/c20-12-6-7-17(15(21)8-12)27-18-13(10-25)14(19(22,23)24)9-16(26-18)11-4-2-1-3-5-11/h1-9H. The molecule has 3 nitrogen and oxygen atoms in total. The first-order chi connectivity index (χ1) is 12.8. The van der Waals surface area contributed by atoms with E-state index in [9.17, 15) is 18.4 Å². The highest BCUT2D eigenvalue weighted by Crippen LogP contribution is 2.40. The highest BCUT2D eigenvalue weighted by atomic mass is 35.5. The lowest BCUT2D eigenvalue weighted by Crippen LogP contribution is -2.10. The summed E-state index contributed by atoms with van der Waals surface area (Å²) in [5.74, 6) is -0.459. The van der Waals surface area contributed by atoms with Crippen LogP contribution in [0.2, 0.25) is 10.0 Å². The molecular formula is C19H9Cl2F3N2O. The normalized spacial score (nSPS) is 11.1. The molecule has 0 saturated carbocycles. The van der Waals surface area contributed by atoms with E-state index in [4.69, 9.17) is 27.9 Å². The molecule has 0 bridgehead atoms. The van der Waals surface area contributed by atoms with Crippen molar-refractivity contribution in [2.24, 2.45) is 0 Å². The average molecular weight is 409 g/mol. The van der Waals surface area contributed by atoms with Crippen molar-refractivity contribution >= 4 is 23.2 Å². The maximum Gasteiger partial charge on any atom is 0.417 e. The molecule has 0 aliphatic carbocycles. The summed E-state index contributed by atoms with van der Waals surface area (Å²) in [7, 11) is 0. The van der Waals surface area contributed by atoms with Gasteiger partial charge in [0, 0.05) is 10.6 Å². The van der Waals surface area contributed by atoms with Crippen molar-refractivity contribution in [3.63, 3.8) is 0 Å². The molecule has 0 amide bonds. The lowest BCUT2D eigenvalue weighted by atomic mass is 10.0. The number of hydrogen-bond donors (Lipinski definition) is 0. The summed E-state index contributed by atoms with van der Waals surface area (Å²) in [5.41, 5.74) is -1.41. The monoisotopic (exact) mass is 408 g/mol. The van der Waals surface area contributed by atoms with Crippen LogP contribution in [0.1, 0.15) is 11.1 Å². The van der Waals surface area contributed by atoms with Crippen LogP contribution >= 0.6 is 23.2 Å². The van der Waals surface area contributed by atoms with E-state index >= 15 is 0 Å². The number of ether oxygens (including phenoxy) is 1. The predicted octanol–water partition coefficient (Wildman–Crippen LogP) is 6.74. The van der Waals surface area contributed by atoms with Gasteiger partial charge in [-0.2, -0.15) is 18.4 Å². The second-order valence-electron chi connectivity index (χ2n) is 5.39. The molecule has 0 aliphatic rings. The minimum absolute atomic E-state index is 0.0158. The van der Waals surface area contributed by atoms with Crippen LogP contribution in [0.5, 0.6) is 11.6 Å². The summed E-state index contributed by atoms with van der Waals surface area (Å²) in [6, 6.07) is 14.8. The predicted molar refractivity (Wildman–Crippen MR) is 95.9 cm³/mol. The summed E-state index contributed by atoms with van der Waals surface area (Å²) in [6.45, 7) is 0. The molecule has 8 heteroatoms. The van der Waals surface area contributed by atoms with Crippen LogP contribution in [-0.4, -0.2) is 4.98 Å². The van der Waals surface area contributed by atoms with Gasteiger partial charge in [0.2, 0.25) is 5.88 Å². The van der Waals surface area contributed by atoms with Crippen LogP contribution < -0.4 is 4.74 Å². The van der Waals surface area contributed by atoms with Crippen LogP contribution in [-0.2, 0) is 6.18 Å². The third-order valence-electron chi connectivity index (χ3n) is 3.57. The molecule has 0 radical (unpaired) electrons. The van der Waals surface area contributed by atoms with Crippen LogP contribution in [0.4, 0.5) is 13.2 Å². The molecule has 0 spiro atoms. The van der Waals surface area contributed by atoms with Gasteiger partial charge in [-0.15, -0.1) is 0 Å². The second-order valence-corrected chi connectivity index (χ2v) is 6.23. The molecule has 0 saturated heterocycles. The number of aromatic nitrogens is 1. The van der Waals surface area contributed by atoms with Crippen molar-refractivity contribution in [2.75, 3.05) is 0 Å². The molecule has 3 aromatic rings. The third kappa shape index (κ3) is 4.16. The summed E-state index contributed by atoms with van der Waals surface area (Å²) in [5, 5.41) is 9.70. The highest BCUT2D eigenvalue weighted by molar-refractivity contribution is 6.35. The molecule has 0 fully saturated rings. The van der Waals surface area contributed by atoms with E-state index in [0.29, 0.717) is 10.6 Å². The molecular weight excluding hydrogens is 400 g/mol. The Morgan fingerprint density at radius 1 is 1.00 bits per heavy atom. The van der Waals surface area contributed by atoms with Crippen LogP contribution in [0, 0.1) is 11.3 Å². The molecule has 1 aromatic heterocycles. The van der Waals surface area contributed by atoms with Gasteiger partial charge in [0.05, 0.1) is 16.3 Å². The molecule has 1 heterocycles. The quantitative estimate of drug-likeness (QED) is 0.481. The number of halogens is 5. The van der Waals surface area contributed by atoms with E-state index in [1.165, 1.54) is 24.3 Å². The molecule has 27 heavy (non-hydrogen) atoms. The zero-order valence-electron chi connectivity index (χ0n) is 13.4. The van der Waals surface area contributed by atoms with Crippen molar-refractivity contribution in [1.29, 1.82) is 5.26 Å². The zero-order valence-corrected chi connectivity index (χ0v) is 14.9. The maximum atomic E-state index is 13.5. The van der Waals surface area contributed by atoms with Crippen LogP contribution in [0.15, 0.2) is 54.6 Å². The van der Waals surface area contributed by atoms with E-state index in [1.54, 1.807) is 30.3 Å². The Labute approximate surface area is 162 Å². The van der Waals surface area contributed by atoms with Crippen molar-refractivity contribution < 1.29 is 17.9 Å². The number of nitrogens with zero attached hydrogens (tertiary/aromatic N) is 2. The van der Waals surface area contributed by atoms with E-state index < -0.39 is 23.2 Å². The minimum Gasteiger partial charge on any atom is -0.436 e. The maximum absolute atomic E-state index is 13.5. The highest BCUT2D eigenvalue weighted by Gasteiger charge is 2.36. The largest absolute Gasteiger partial charge is 0.436 e. The fourth-order valence-electron chi connectivity index (χ4n) is 2.35. The molecule has 0 N–H and O–H groups in total. The van der Waals surface area contributed by atoms with Gasteiger partial charge in [0.15, 0.2) is 0 Å². The Balaban J connectivity index is 2.20. The summed E-state index contributed by atoms with van der Waals surface area (Å²) < 4.78 is 46.0. The number of pyridine rings is 1. The van der Waals surface area contributed by atoms with E-state index in [-0.39, 0.29) is 16.5 Å². The van der Waals surface area contributed by atoms with Gasteiger partial charge in [-0.25, -0.2) is 4.98 Å². The second kappa shape index (κ2) is 7.47. The average Bonchev–Trinajstić information content (AvgIpc) is 2.63. The number of rotatable bonds is 3. The summed E-state index contributed by atoms with van der Waals surface area (Å²) in [6.07, 6.45) is -4.76. The lowest BCUT2D eigenvalue weighted by Gasteiger charge is -2.15. The fourth-order valence-corrected chi connectivity index (χ4v) is 2.79. The minimum atomic E-state index is -4.76. The van der Waals surface area contributed by atoms with Crippen LogP contribution in [0.3, 0.4) is 0 Å². The molecule has 0 atom stereocenters. The smallest absolute Gasteiger partial charge is 0.417 e. The summed E-state index contributed by atoms with van der Waals surface area (Å²) >= 11 is 11.8. The number of alkyl halides is 3.